The van der Waals surface area contributed by atoms with Crippen LogP contribution in [0.15, 0.2) is 53.5 Å². The molecule has 0 saturated carbocycles. The van der Waals surface area contributed by atoms with E-state index < -0.39 is 0 Å². The Morgan fingerprint density at radius 1 is 1.08 bits per heavy atom. The summed E-state index contributed by atoms with van der Waals surface area (Å²) in [6.07, 6.45) is 4.83. The van der Waals surface area contributed by atoms with Crippen LogP contribution in [-0.4, -0.2) is 24.9 Å². The fraction of sp³-hybridized carbons (Fsp3) is 0. The number of hydrogen-bond donors (Lipinski definition) is 2. The number of anilines is 2. The van der Waals surface area contributed by atoms with Crippen molar-refractivity contribution < 1.29 is 0 Å². The smallest absolute Gasteiger partial charge is 0.159 e. The summed E-state index contributed by atoms with van der Waals surface area (Å²) in [5.41, 5.74) is 2.37. The van der Waals surface area contributed by atoms with Gasteiger partial charge in [-0.2, -0.15) is 0 Å². The number of H-pyrrole nitrogens is 1. The van der Waals surface area contributed by atoms with Gasteiger partial charge in [0.15, 0.2) is 5.82 Å². The molecule has 0 spiro atoms. The molecule has 0 fully saturated rings. The molecule has 3 aromatic heterocycles. The molecule has 24 heavy (non-hydrogen) atoms. The van der Waals surface area contributed by atoms with Crippen molar-refractivity contribution in [2.75, 3.05) is 5.32 Å². The lowest BCUT2D eigenvalue weighted by atomic mass is 10.2. The monoisotopic (exact) mass is 400 g/mol. The Hall–Kier alpha value is -2.51. The van der Waals surface area contributed by atoms with Gasteiger partial charge in [0.1, 0.15) is 23.5 Å². The van der Waals surface area contributed by atoms with E-state index in [1.165, 1.54) is 6.33 Å². The molecule has 0 aliphatic rings. The molecule has 3 heterocycles. The Bertz CT molecular complexity index is 997. The standard InChI is InChI=1S/C16H10BrClN6/c17-9-2-1-3-10(18)13(9)15-22-11-4-7-20-16(14(11)24-15)23-12-5-6-19-8-21-12/h1-8H,(H,22,24)(H,19,20,21,23). The average Bonchev–Trinajstić information content (AvgIpc) is 3.00. The van der Waals surface area contributed by atoms with Gasteiger partial charge in [0.2, 0.25) is 0 Å². The zero-order valence-electron chi connectivity index (χ0n) is 12.2. The Morgan fingerprint density at radius 3 is 2.79 bits per heavy atom. The molecule has 0 aliphatic heterocycles. The van der Waals surface area contributed by atoms with Crippen molar-refractivity contribution >= 4 is 50.2 Å². The highest BCUT2D eigenvalue weighted by molar-refractivity contribution is 9.10. The van der Waals surface area contributed by atoms with E-state index in [9.17, 15) is 0 Å². The molecule has 0 saturated heterocycles. The lowest BCUT2D eigenvalue weighted by Gasteiger charge is -2.04. The molecule has 0 radical (unpaired) electrons. The predicted octanol–water partition coefficient (Wildman–Crippen LogP) is 4.57. The third-order valence-electron chi connectivity index (χ3n) is 3.43. The van der Waals surface area contributed by atoms with Gasteiger partial charge in [-0.05, 0) is 40.2 Å². The minimum absolute atomic E-state index is 0.608. The molecule has 0 amide bonds. The molecule has 0 aliphatic carbocycles. The summed E-state index contributed by atoms with van der Waals surface area (Å²) in [4.78, 5) is 20.3. The lowest BCUT2D eigenvalue weighted by molar-refractivity contribution is 1.16. The van der Waals surface area contributed by atoms with Gasteiger partial charge in [-0.1, -0.05) is 17.7 Å². The van der Waals surface area contributed by atoms with Crippen LogP contribution in [-0.2, 0) is 0 Å². The maximum atomic E-state index is 6.32. The number of rotatable bonds is 3. The topological polar surface area (TPSA) is 79.4 Å². The quantitative estimate of drug-likeness (QED) is 0.525. The molecule has 0 bridgehead atoms. The molecule has 0 atom stereocenters. The Kier molecular flexibility index (Phi) is 3.87. The molecule has 8 heteroatoms. The Balaban J connectivity index is 1.83. The van der Waals surface area contributed by atoms with E-state index >= 15 is 0 Å². The summed E-state index contributed by atoms with van der Waals surface area (Å²) < 4.78 is 0.868. The minimum atomic E-state index is 0.608. The fourth-order valence-electron chi connectivity index (χ4n) is 2.36. The Morgan fingerprint density at radius 2 is 2.00 bits per heavy atom. The second-order valence-electron chi connectivity index (χ2n) is 4.96. The number of aromatic amines is 1. The van der Waals surface area contributed by atoms with Gasteiger partial charge in [-0.15, -0.1) is 0 Å². The lowest BCUT2D eigenvalue weighted by Crippen LogP contribution is -1.96. The van der Waals surface area contributed by atoms with E-state index in [1.54, 1.807) is 18.5 Å². The summed E-state index contributed by atoms with van der Waals surface area (Å²) in [6.45, 7) is 0. The predicted molar refractivity (Wildman–Crippen MR) is 97.3 cm³/mol. The number of halogens is 2. The van der Waals surface area contributed by atoms with Crippen LogP contribution in [0.25, 0.3) is 22.4 Å². The highest BCUT2D eigenvalue weighted by atomic mass is 79.9. The summed E-state index contributed by atoms with van der Waals surface area (Å²) in [7, 11) is 0. The van der Waals surface area contributed by atoms with Gasteiger partial charge >= 0.3 is 0 Å². The molecular formula is C16H10BrClN6. The molecule has 2 N–H and O–H groups in total. The third-order valence-corrected chi connectivity index (χ3v) is 4.40. The number of benzene rings is 1. The average molecular weight is 402 g/mol. The van der Waals surface area contributed by atoms with Gasteiger partial charge in [0.25, 0.3) is 0 Å². The number of nitrogens with zero attached hydrogens (tertiary/aromatic N) is 4. The van der Waals surface area contributed by atoms with Gasteiger partial charge in [0, 0.05) is 16.9 Å². The first-order valence-electron chi connectivity index (χ1n) is 7.04. The molecule has 4 aromatic rings. The van der Waals surface area contributed by atoms with Crippen molar-refractivity contribution in [3.8, 4) is 11.4 Å². The van der Waals surface area contributed by atoms with Crippen LogP contribution in [0.2, 0.25) is 5.02 Å². The van der Waals surface area contributed by atoms with Crippen molar-refractivity contribution in [3.63, 3.8) is 0 Å². The highest BCUT2D eigenvalue weighted by Crippen LogP contribution is 2.35. The maximum absolute atomic E-state index is 6.32. The molecule has 0 unspecified atom stereocenters. The first kappa shape index (κ1) is 15.0. The highest BCUT2D eigenvalue weighted by Gasteiger charge is 2.15. The largest absolute Gasteiger partial charge is 0.338 e. The molecule has 6 nitrogen and oxygen atoms in total. The van der Waals surface area contributed by atoms with E-state index in [2.05, 4.69) is 46.2 Å². The number of pyridine rings is 1. The van der Waals surface area contributed by atoms with E-state index in [0.29, 0.717) is 28.0 Å². The normalized spacial score (nSPS) is 10.9. The van der Waals surface area contributed by atoms with Gasteiger partial charge in [0.05, 0.1) is 16.1 Å². The van der Waals surface area contributed by atoms with Crippen LogP contribution in [0.1, 0.15) is 0 Å². The van der Waals surface area contributed by atoms with Crippen LogP contribution in [0.4, 0.5) is 11.6 Å². The van der Waals surface area contributed by atoms with Crippen molar-refractivity contribution in [1.29, 1.82) is 0 Å². The van der Waals surface area contributed by atoms with Crippen LogP contribution in [0, 0.1) is 0 Å². The van der Waals surface area contributed by atoms with Crippen molar-refractivity contribution in [3.05, 3.63) is 58.5 Å². The number of nitrogens with one attached hydrogen (secondary N) is 2. The Labute approximate surface area is 150 Å². The molecule has 1 aromatic carbocycles. The summed E-state index contributed by atoms with van der Waals surface area (Å²) in [6, 6.07) is 9.25. The molecular weight excluding hydrogens is 392 g/mol. The van der Waals surface area contributed by atoms with Crippen molar-refractivity contribution in [2.45, 2.75) is 0 Å². The number of hydrogen-bond acceptors (Lipinski definition) is 5. The van der Waals surface area contributed by atoms with E-state index in [4.69, 9.17) is 11.6 Å². The number of aromatic nitrogens is 5. The second-order valence-corrected chi connectivity index (χ2v) is 6.22. The van der Waals surface area contributed by atoms with Gasteiger partial charge < -0.3 is 10.3 Å². The summed E-state index contributed by atoms with van der Waals surface area (Å²) >= 11 is 9.84. The maximum Gasteiger partial charge on any atom is 0.159 e. The van der Waals surface area contributed by atoms with E-state index in [-0.39, 0.29) is 0 Å². The van der Waals surface area contributed by atoms with Crippen LogP contribution >= 0.6 is 27.5 Å². The van der Waals surface area contributed by atoms with E-state index in [0.717, 1.165) is 15.6 Å². The van der Waals surface area contributed by atoms with Gasteiger partial charge in [-0.3, -0.25) is 0 Å². The third kappa shape index (κ3) is 2.72. The van der Waals surface area contributed by atoms with Gasteiger partial charge in [-0.25, -0.2) is 19.9 Å². The molecule has 118 valence electrons. The fourth-order valence-corrected chi connectivity index (χ4v) is 3.29. The van der Waals surface area contributed by atoms with Crippen molar-refractivity contribution in [1.82, 2.24) is 24.9 Å². The summed E-state index contributed by atoms with van der Waals surface area (Å²) in [5, 5.41) is 3.76. The van der Waals surface area contributed by atoms with E-state index in [1.807, 2.05) is 24.3 Å². The van der Waals surface area contributed by atoms with Crippen LogP contribution in [0.5, 0.6) is 0 Å². The number of fused-ring (bicyclic) bond motifs is 1. The SMILES string of the molecule is Clc1cccc(Br)c1-c1nc2c(Nc3ccncn3)nccc2[nH]1. The van der Waals surface area contributed by atoms with Crippen molar-refractivity contribution in [2.24, 2.45) is 0 Å². The van der Waals surface area contributed by atoms with Crippen LogP contribution in [0.3, 0.4) is 0 Å². The minimum Gasteiger partial charge on any atom is -0.338 e. The zero-order valence-corrected chi connectivity index (χ0v) is 14.5. The zero-order chi connectivity index (χ0) is 16.5. The molecule has 4 rings (SSSR count). The summed E-state index contributed by atoms with van der Waals surface area (Å²) in [5.74, 6) is 1.92. The first-order valence-corrected chi connectivity index (χ1v) is 8.21. The first-order chi connectivity index (χ1) is 11.7. The number of imidazole rings is 1. The van der Waals surface area contributed by atoms with Crippen LogP contribution < -0.4 is 5.32 Å². The second kappa shape index (κ2) is 6.18.